The number of H-pyrrole nitrogens is 1. The predicted molar refractivity (Wildman–Crippen MR) is 92.9 cm³/mol. The van der Waals surface area contributed by atoms with Crippen LogP contribution < -0.4 is 0 Å². The first-order valence-corrected chi connectivity index (χ1v) is 8.89. The molecule has 1 aromatic rings. The summed E-state index contributed by atoms with van der Waals surface area (Å²) >= 11 is 0. The van der Waals surface area contributed by atoms with Gasteiger partial charge in [0.05, 0.1) is 5.69 Å². The van der Waals surface area contributed by atoms with Crippen LogP contribution in [0.4, 0.5) is 0 Å². The standard InChI is InChI=1S/C18H30N4O2/c1-17(2,3)15-9-13(19-20-15)11-22-7-5-18(6-8-22)10-14(16(23)24)21(4)12-18/h9,14H,5-8,10-12H2,1-4H3,(H,19,20)(H,23,24)/t14-/m1/s1. The third kappa shape index (κ3) is 3.49. The molecule has 1 atom stereocenters. The van der Waals surface area contributed by atoms with E-state index in [0.29, 0.717) is 0 Å². The van der Waals surface area contributed by atoms with Crippen LogP contribution in [0, 0.1) is 5.41 Å². The van der Waals surface area contributed by atoms with Crippen LogP contribution in [0.25, 0.3) is 0 Å². The van der Waals surface area contributed by atoms with E-state index in [1.165, 1.54) is 5.69 Å². The summed E-state index contributed by atoms with van der Waals surface area (Å²) in [5, 5.41) is 17.0. The van der Waals surface area contributed by atoms with Gasteiger partial charge in [0.1, 0.15) is 6.04 Å². The van der Waals surface area contributed by atoms with E-state index in [1.54, 1.807) is 0 Å². The van der Waals surface area contributed by atoms with Gasteiger partial charge in [-0.05, 0) is 50.9 Å². The molecule has 1 spiro atoms. The summed E-state index contributed by atoms with van der Waals surface area (Å²) < 4.78 is 0. The van der Waals surface area contributed by atoms with Crippen molar-refractivity contribution in [3.63, 3.8) is 0 Å². The highest BCUT2D eigenvalue weighted by Crippen LogP contribution is 2.43. The van der Waals surface area contributed by atoms with Crippen molar-refractivity contribution >= 4 is 5.97 Å². The molecule has 1 aromatic heterocycles. The van der Waals surface area contributed by atoms with Gasteiger partial charge in [-0.25, -0.2) is 0 Å². The molecule has 0 aromatic carbocycles. The number of aliphatic carboxylic acids is 1. The molecule has 2 aliphatic heterocycles. The minimum absolute atomic E-state index is 0.0704. The number of nitrogens with one attached hydrogen (secondary N) is 1. The van der Waals surface area contributed by atoms with Crippen molar-refractivity contribution in [3.8, 4) is 0 Å². The fraction of sp³-hybridized carbons (Fsp3) is 0.778. The molecule has 24 heavy (non-hydrogen) atoms. The van der Waals surface area contributed by atoms with Gasteiger partial charge in [0.15, 0.2) is 0 Å². The van der Waals surface area contributed by atoms with Gasteiger partial charge in [-0.15, -0.1) is 0 Å². The monoisotopic (exact) mass is 334 g/mol. The summed E-state index contributed by atoms with van der Waals surface area (Å²) in [6.45, 7) is 10.4. The van der Waals surface area contributed by atoms with Gasteiger partial charge >= 0.3 is 5.97 Å². The molecule has 2 fully saturated rings. The lowest BCUT2D eigenvalue weighted by Gasteiger charge is -2.39. The Hall–Kier alpha value is -1.40. The highest BCUT2D eigenvalue weighted by Gasteiger charge is 2.46. The second-order valence-electron chi connectivity index (χ2n) is 8.78. The van der Waals surface area contributed by atoms with E-state index in [1.807, 2.05) is 11.9 Å². The van der Waals surface area contributed by atoms with E-state index < -0.39 is 5.97 Å². The number of likely N-dealkylation sites (tertiary alicyclic amines) is 2. The Bertz CT molecular complexity index is 596. The number of aromatic nitrogens is 2. The zero-order valence-electron chi connectivity index (χ0n) is 15.3. The van der Waals surface area contributed by atoms with Crippen LogP contribution >= 0.6 is 0 Å². The lowest BCUT2D eigenvalue weighted by Crippen LogP contribution is -2.40. The van der Waals surface area contributed by atoms with Crippen LogP contribution in [-0.4, -0.2) is 63.8 Å². The maximum atomic E-state index is 11.4. The summed E-state index contributed by atoms with van der Waals surface area (Å²) in [4.78, 5) is 15.8. The summed E-state index contributed by atoms with van der Waals surface area (Å²) in [6.07, 6.45) is 2.97. The second kappa shape index (κ2) is 6.15. The van der Waals surface area contributed by atoms with Gasteiger partial charge in [-0.3, -0.25) is 19.7 Å². The van der Waals surface area contributed by atoms with Gasteiger partial charge in [-0.2, -0.15) is 5.10 Å². The molecule has 6 heteroatoms. The van der Waals surface area contributed by atoms with Crippen LogP contribution in [-0.2, 0) is 16.8 Å². The Balaban J connectivity index is 1.56. The Labute approximate surface area is 144 Å². The summed E-state index contributed by atoms with van der Waals surface area (Å²) in [5.41, 5.74) is 2.54. The van der Waals surface area contributed by atoms with Crippen LogP contribution in [0.2, 0.25) is 0 Å². The lowest BCUT2D eigenvalue weighted by atomic mass is 9.76. The molecule has 6 nitrogen and oxygen atoms in total. The maximum Gasteiger partial charge on any atom is 0.320 e. The molecular formula is C18H30N4O2. The first-order valence-electron chi connectivity index (χ1n) is 8.89. The third-order valence-electron chi connectivity index (χ3n) is 5.74. The summed E-state index contributed by atoms with van der Waals surface area (Å²) in [5.74, 6) is -0.677. The van der Waals surface area contributed by atoms with Crippen molar-refractivity contribution in [1.29, 1.82) is 0 Å². The first-order chi connectivity index (χ1) is 11.2. The highest BCUT2D eigenvalue weighted by atomic mass is 16.4. The largest absolute Gasteiger partial charge is 0.480 e. The van der Waals surface area contributed by atoms with Crippen molar-refractivity contribution in [2.75, 3.05) is 26.7 Å². The zero-order chi connectivity index (χ0) is 17.5. The quantitative estimate of drug-likeness (QED) is 0.885. The van der Waals surface area contributed by atoms with E-state index in [9.17, 15) is 9.90 Å². The minimum atomic E-state index is -0.677. The van der Waals surface area contributed by atoms with E-state index >= 15 is 0 Å². The fourth-order valence-electron chi connectivity index (χ4n) is 4.16. The van der Waals surface area contributed by atoms with Crippen molar-refractivity contribution in [1.82, 2.24) is 20.0 Å². The molecule has 2 saturated heterocycles. The number of carbonyl (C=O) groups is 1. The number of carboxylic acids is 1. The zero-order valence-corrected chi connectivity index (χ0v) is 15.3. The smallest absolute Gasteiger partial charge is 0.320 e. The Kier molecular flexibility index (Phi) is 4.47. The van der Waals surface area contributed by atoms with Crippen molar-refractivity contribution in [3.05, 3.63) is 17.5 Å². The first kappa shape index (κ1) is 17.4. The number of rotatable bonds is 3. The normalized spacial score (nSPS) is 25.4. The van der Waals surface area contributed by atoms with Gasteiger partial charge in [-0.1, -0.05) is 20.8 Å². The summed E-state index contributed by atoms with van der Waals surface area (Å²) in [6, 6.07) is 1.87. The molecule has 3 rings (SSSR count). The van der Waals surface area contributed by atoms with Crippen molar-refractivity contribution in [2.45, 2.75) is 58.0 Å². The predicted octanol–water partition coefficient (Wildman–Crippen LogP) is 2.08. The number of likely N-dealkylation sites (N-methyl/N-ethyl adjacent to an activating group) is 1. The molecule has 0 amide bonds. The van der Waals surface area contributed by atoms with E-state index in [4.69, 9.17) is 0 Å². The van der Waals surface area contributed by atoms with Gasteiger partial charge < -0.3 is 5.11 Å². The Morgan fingerprint density at radius 1 is 1.42 bits per heavy atom. The number of hydrogen-bond acceptors (Lipinski definition) is 4. The van der Waals surface area contributed by atoms with Crippen LogP contribution in [0.15, 0.2) is 6.07 Å². The third-order valence-corrected chi connectivity index (χ3v) is 5.74. The summed E-state index contributed by atoms with van der Waals surface area (Å²) in [7, 11) is 1.94. The average Bonchev–Trinajstić information content (AvgIpc) is 3.07. The van der Waals surface area contributed by atoms with Gasteiger partial charge in [0.2, 0.25) is 0 Å². The molecule has 0 radical (unpaired) electrons. The molecule has 2 N–H and O–H groups in total. The number of carboxylic acid groups (broad SMARTS) is 1. The van der Waals surface area contributed by atoms with E-state index in [2.05, 4.69) is 41.9 Å². The van der Waals surface area contributed by atoms with E-state index in [0.717, 1.165) is 51.1 Å². The molecule has 2 aliphatic rings. The molecule has 134 valence electrons. The van der Waals surface area contributed by atoms with E-state index in [-0.39, 0.29) is 16.9 Å². The fourth-order valence-corrected chi connectivity index (χ4v) is 4.16. The molecule has 0 saturated carbocycles. The average molecular weight is 334 g/mol. The number of aromatic amines is 1. The van der Waals surface area contributed by atoms with Crippen molar-refractivity contribution in [2.24, 2.45) is 5.41 Å². The molecule has 0 aliphatic carbocycles. The Morgan fingerprint density at radius 3 is 2.58 bits per heavy atom. The van der Waals surface area contributed by atoms with Crippen LogP contribution in [0.5, 0.6) is 0 Å². The van der Waals surface area contributed by atoms with Crippen molar-refractivity contribution < 1.29 is 9.90 Å². The topological polar surface area (TPSA) is 72.5 Å². The maximum absolute atomic E-state index is 11.4. The SMILES string of the molecule is CN1CC2(CCN(Cc3cc(C(C)(C)C)n[nH]3)CC2)C[C@@H]1C(=O)O. The molecule has 3 heterocycles. The van der Waals surface area contributed by atoms with Gasteiger partial charge in [0.25, 0.3) is 0 Å². The molecule has 0 bridgehead atoms. The highest BCUT2D eigenvalue weighted by molar-refractivity contribution is 5.74. The minimum Gasteiger partial charge on any atom is -0.480 e. The molecular weight excluding hydrogens is 304 g/mol. The van der Waals surface area contributed by atoms with Gasteiger partial charge in [0, 0.05) is 24.2 Å². The van der Waals surface area contributed by atoms with Crippen LogP contribution in [0.1, 0.15) is 51.4 Å². The molecule has 0 unspecified atom stereocenters. The Morgan fingerprint density at radius 2 is 2.08 bits per heavy atom. The van der Waals surface area contributed by atoms with Crippen LogP contribution in [0.3, 0.4) is 0 Å². The number of nitrogens with zero attached hydrogens (tertiary/aromatic N) is 3. The number of hydrogen-bond donors (Lipinski definition) is 2. The second-order valence-corrected chi connectivity index (χ2v) is 8.78. The number of piperidine rings is 1. The lowest BCUT2D eigenvalue weighted by molar-refractivity contribution is -0.141.